The van der Waals surface area contributed by atoms with Gasteiger partial charge in [-0.2, -0.15) is 5.26 Å². The van der Waals surface area contributed by atoms with Crippen LogP contribution in [0.4, 0.5) is 4.39 Å². The highest BCUT2D eigenvalue weighted by Gasteiger charge is 2.43. The van der Waals surface area contributed by atoms with Gasteiger partial charge in [0, 0.05) is 5.92 Å². The van der Waals surface area contributed by atoms with Crippen LogP contribution in [0.25, 0.3) is 0 Å². The number of rotatable bonds is 5. The van der Waals surface area contributed by atoms with E-state index in [4.69, 9.17) is 5.26 Å². The summed E-state index contributed by atoms with van der Waals surface area (Å²) in [5.41, 5.74) is -0.901. The maximum Gasteiger partial charge on any atom is 0.113 e. The van der Waals surface area contributed by atoms with Crippen LogP contribution < -0.4 is 0 Å². The number of halogens is 1. The van der Waals surface area contributed by atoms with Crippen LogP contribution in [-0.2, 0) is 0 Å². The van der Waals surface area contributed by atoms with Crippen LogP contribution >= 0.6 is 0 Å². The fourth-order valence-electron chi connectivity index (χ4n) is 4.28. The second-order valence-electron chi connectivity index (χ2n) is 7.15. The molecule has 0 aliphatic heterocycles. The number of nitrogens with zero attached hydrogens (tertiary/aromatic N) is 1. The summed E-state index contributed by atoms with van der Waals surface area (Å²) in [5, 5.41) is 8.95. The van der Waals surface area contributed by atoms with E-state index in [1.165, 1.54) is 25.7 Å². The van der Waals surface area contributed by atoms with Crippen molar-refractivity contribution in [3.8, 4) is 6.07 Å². The van der Waals surface area contributed by atoms with Crippen molar-refractivity contribution in [2.45, 2.75) is 89.6 Å². The van der Waals surface area contributed by atoms with Crippen molar-refractivity contribution in [2.24, 2.45) is 17.8 Å². The van der Waals surface area contributed by atoms with Crippen molar-refractivity contribution in [3.63, 3.8) is 0 Å². The zero-order valence-electron chi connectivity index (χ0n) is 13.0. The molecule has 0 heterocycles. The van der Waals surface area contributed by atoms with Crippen LogP contribution in [0.3, 0.4) is 0 Å². The molecule has 0 aromatic heterocycles. The third-order valence-corrected chi connectivity index (χ3v) is 5.79. The van der Waals surface area contributed by atoms with E-state index in [9.17, 15) is 0 Å². The van der Waals surface area contributed by atoms with E-state index in [-0.39, 0.29) is 11.8 Å². The molecule has 0 N–H and O–H groups in total. The third kappa shape index (κ3) is 3.96. The average Bonchev–Trinajstić information content (AvgIpc) is 2.50. The van der Waals surface area contributed by atoms with Gasteiger partial charge in [0.15, 0.2) is 0 Å². The lowest BCUT2D eigenvalue weighted by Gasteiger charge is -2.42. The van der Waals surface area contributed by atoms with Crippen LogP contribution in [0.1, 0.15) is 84.0 Å². The van der Waals surface area contributed by atoms with Crippen molar-refractivity contribution >= 4 is 0 Å². The predicted molar refractivity (Wildman–Crippen MR) is 81.0 cm³/mol. The van der Waals surface area contributed by atoms with Gasteiger partial charge in [0.1, 0.15) is 5.67 Å². The highest BCUT2D eigenvalue weighted by molar-refractivity contribution is 4.96. The Bertz CT molecular complexity index is 317. The molecule has 2 fully saturated rings. The lowest BCUT2D eigenvalue weighted by molar-refractivity contribution is 0.000728. The van der Waals surface area contributed by atoms with Gasteiger partial charge in [0.25, 0.3) is 0 Å². The van der Waals surface area contributed by atoms with Gasteiger partial charge in [-0.3, -0.25) is 0 Å². The smallest absolute Gasteiger partial charge is 0.113 e. The Morgan fingerprint density at radius 3 is 2.25 bits per heavy atom. The van der Waals surface area contributed by atoms with Gasteiger partial charge in [-0.1, -0.05) is 32.6 Å². The molecule has 0 atom stereocenters. The second-order valence-corrected chi connectivity index (χ2v) is 7.15. The third-order valence-electron chi connectivity index (χ3n) is 5.79. The highest BCUT2D eigenvalue weighted by atomic mass is 19.1. The van der Waals surface area contributed by atoms with E-state index < -0.39 is 5.67 Å². The summed E-state index contributed by atoms with van der Waals surface area (Å²) in [5.74, 6) is 1.21. The SMILES string of the molecule is CCCCCC1CCC(F)(C2CCC(C#N)CC2)CC1. The number of hydrogen-bond acceptors (Lipinski definition) is 1. The average molecular weight is 279 g/mol. The molecule has 0 radical (unpaired) electrons. The molecule has 20 heavy (non-hydrogen) atoms. The Hall–Kier alpha value is -0.580. The van der Waals surface area contributed by atoms with Gasteiger partial charge < -0.3 is 0 Å². The molecule has 0 bridgehead atoms. The topological polar surface area (TPSA) is 23.8 Å². The van der Waals surface area contributed by atoms with Gasteiger partial charge in [0.05, 0.1) is 6.07 Å². The van der Waals surface area contributed by atoms with E-state index in [0.29, 0.717) is 0 Å². The number of nitriles is 1. The predicted octanol–water partition coefficient (Wildman–Crippen LogP) is 5.80. The van der Waals surface area contributed by atoms with Crippen LogP contribution in [-0.4, -0.2) is 5.67 Å². The molecule has 2 aliphatic carbocycles. The van der Waals surface area contributed by atoms with Crippen molar-refractivity contribution in [2.75, 3.05) is 0 Å². The van der Waals surface area contributed by atoms with Gasteiger partial charge in [0.2, 0.25) is 0 Å². The molecule has 2 saturated carbocycles. The summed E-state index contributed by atoms with van der Waals surface area (Å²) in [6.07, 6.45) is 12.7. The summed E-state index contributed by atoms with van der Waals surface area (Å²) in [4.78, 5) is 0. The summed E-state index contributed by atoms with van der Waals surface area (Å²) in [7, 11) is 0. The van der Waals surface area contributed by atoms with Crippen LogP contribution in [0.15, 0.2) is 0 Å². The van der Waals surface area contributed by atoms with Gasteiger partial charge in [-0.25, -0.2) is 4.39 Å². The van der Waals surface area contributed by atoms with Gasteiger partial charge in [-0.05, 0) is 63.2 Å². The maximum absolute atomic E-state index is 15.2. The first-order valence-corrected chi connectivity index (χ1v) is 8.76. The lowest BCUT2D eigenvalue weighted by atomic mass is 9.67. The van der Waals surface area contributed by atoms with Crippen molar-refractivity contribution in [1.82, 2.24) is 0 Å². The molecular formula is C18H30FN. The molecule has 0 spiro atoms. The normalized spacial score (nSPS) is 38.4. The van der Waals surface area contributed by atoms with Crippen molar-refractivity contribution in [1.29, 1.82) is 5.26 Å². The molecule has 0 aromatic carbocycles. The molecule has 1 nitrogen and oxygen atoms in total. The Balaban J connectivity index is 1.75. The number of alkyl halides is 1. The molecule has 0 amide bonds. The van der Waals surface area contributed by atoms with Crippen LogP contribution in [0.5, 0.6) is 0 Å². The molecule has 114 valence electrons. The Labute approximate surface area is 123 Å². The standard InChI is InChI=1S/C18H30FN/c1-2-3-4-5-15-10-12-18(19,13-11-15)17-8-6-16(14-20)7-9-17/h15-17H,2-13H2,1H3. The fraction of sp³-hybridized carbons (Fsp3) is 0.944. The summed E-state index contributed by atoms with van der Waals surface area (Å²) in [6.45, 7) is 2.24. The largest absolute Gasteiger partial charge is 0.244 e. The second kappa shape index (κ2) is 7.43. The van der Waals surface area contributed by atoms with Crippen LogP contribution in [0, 0.1) is 29.1 Å². The van der Waals surface area contributed by atoms with Gasteiger partial charge >= 0.3 is 0 Å². The van der Waals surface area contributed by atoms with E-state index in [0.717, 1.165) is 57.3 Å². The molecule has 0 saturated heterocycles. The Kier molecular flexibility index (Phi) is 5.87. The quantitative estimate of drug-likeness (QED) is 0.584. The van der Waals surface area contributed by atoms with E-state index >= 15 is 4.39 Å². The molecule has 2 rings (SSSR count). The van der Waals surface area contributed by atoms with E-state index in [1.807, 2.05) is 0 Å². The first-order chi connectivity index (χ1) is 9.68. The minimum atomic E-state index is -0.901. The first-order valence-electron chi connectivity index (χ1n) is 8.76. The monoisotopic (exact) mass is 279 g/mol. The van der Waals surface area contributed by atoms with Crippen molar-refractivity contribution < 1.29 is 4.39 Å². The summed E-state index contributed by atoms with van der Waals surface area (Å²) in [6, 6.07) is 2.35. The summed E-state index contributed by atoms with van der Waals surface area (Å²) >= 11 is 0. The Morgan fingerprint density at radius 1 is 1.05 bits per heavy atom. The number of hydrogen-bond donors (Lipinski definition) is 0. The minimum Gasteiger partial charge on any atom is -0.244 e. The molecular weight excluding hydrogens is 249 g/mol. The van der Waals surface area contributed by atoms with Crippen LogP contribution in [0.2, 0.25) is 0 Å². The first kappa shape index (κ1) is 15.8. The van der Waals surface area contributed by atoms with Crippen molar-refractivity contribution in [3.05, 3.63) is 0 Å². The summed E-state index contributed by atoms with van der Waals surface area (Å²) < 4.78 is 15.2. The molecule has 2 aliphatic rings. The zero-order chi connectivity index (χ0) is 14.4. The minimum absolute atomic E-state index is 0.195. The lowest BCUT2D eigenvalue weighted by Crippen LogP contribution is -2.39. The fourth-order valence-corrected chi connectivity index (χ4v) is 4.28. The maximum atomic E-state index is 15.2. The van der Waals surface area contributed by atoms with E-state index in [2.05, 4.69) is 13.0 Å². The molecule has 0 unspecified atom stereocenters. The zero-order valence-corrected chi connectivity index (χ0v) is 13.0. The molecule has 0 aromatic rings. The molecule has 2 heteroatoms. The van der Waals surface area contributed by atoms with E-state index in [1.54, 1.807) is 0 Å². The highest BCUT2D eigenvalue weighted by Crippen LogP contribution is 2.47. The number of unbranched alkanes of at least 4 members (excludes halogenated alkanes) is 2. The Morgan fingerprint density at radius 2 is 1.70 bits per heavy atom. The van der Waals surface area contributed by atoms with Gasteiger partial charge in [-0.15, -0.1) is 0 Å².